The van der Waals surface area contributed by atoms with Crippen LogP contribution < -0.4 is 10.1 Å². The van der Waals surface area contributed by atoms with Crippen LogP contribution >= 0.6 is 0 Å². The topological polar surface area (TPSA) is 90.9 Å². The van der Waals surface area contributed by atoms with Crippen molar-refractivity contribution in [3.8, 4) is 5.75 Å². The van der Waals surface area contributed by atoms with E-state index >= 15 is 0 Å². The van der Waals surface area contributed by atoms with Crippen LogP contribution in [-0.2, 0) is 14.3 Å². The molecule has 7 heteroatoms. The zero-order valence-corrected chi connectivity index (χ0v) is 16.7. The molecule has 2 atom stereocenters. The van der Waals surface area contributed by atoms with Crippen LogP contribution in [0.2, 0.25) is 0 Å². The van der Waals surface area contributed by atoms with Gasteiger partial charge < -0.3 is 19.5 Å². The summed E-state index contributed by atoms with van der Waals surface area (Å²) in [6.07, 6.45) is 2.17. The summed E-state index contributed by atoms with van der Waals surface area (Å²) in [5.41, 5.74) is 2.23. The first-order valence-corrected chi connectivity index (χ1v) is 10.0. The van der Waals surface area contributed by atoms with E-state index in [1.54, 1.807) is 49.4 Å². The number of Topliss-reactive ketones (excluding diaryl/α,β-unsaturated/α-hetero) is 1. The molecule has 2 heterocycles. The molecule has 156 valence electrons. The molecule has 1 fully saturated rings. The molecule has 2 aromatic carbocycles. The number of fused-ring (bicyclic) bond motifs is 1. The molecule has 30 heavy (non-hydrogen) atoms. The largest absolute Gasteiger partial charge is 0.491 e. The van der Waals surface area contributed by atoms with Gasteiger partial charge in [-0.3, -0.25) is 9.59 Å². The van der Waals surface area contributed by atoms with Crippen molar-refractivity contribution in [2.24, 2.45) is 0 Å². The van der Waals surface area contributed by atoms with E-state index in [0.717, 1.165) is 25.0 Å². The van der Waals surface area contributed by atoms with Gasteiger partial charge in [-0.25, -0.2) is 4.79 Å². The SMILES string of the molecule is C[C@H]1C(=O)Nc2ccc(C(=O)COC(=O)c3ccc(OC[C@H]4CCCO4)cc3)cc21. The summed E-state index contributed by atoms with van der Waals surface area (Å²) in [6.45, 7) is 2.67. The van der Waals surface area contributed by atoms with E-state index in [4.69, 9.17) is 14.2 Å². The summed E-state index contributed by atoms with van der Waals surface area (Å²) < 4.78 is 16.3. The van der Waals surface area contributed by atoms with Gasteiger partial charge in [-0.15, -0.1) is 0 Å². The van der Waals surface area contributed by atoms with E-state index in [1.807, 2.05) is 0 Å². The second kappa shape index (κ2) is 8.67. The molecule has 2 aromatic rings. The van der Waals surface area contributed by atoms with Gasteiger partial charge in [0.15, 0.2) is 12.4 Å². The highest BCUT2D eigenvalue weighted by atomic mass is 16.5. The molecule has 2 aliphatic rings. The van der Waals surface area contributed by atoms with E-state index in [9.17, 15) is 14.4 Å². The lowest BCUT2D eigenvalue weighted by Crippen LogP contribution is -2.16. The van der Waals surface area contributed by atoms with E-state index in [0.29, 0.717) is 29.2 Å². The number of ketones is 1. The number of carbonyl (C=O) groups is 3. The lowest BCUT2D eigenvalue weighted by atomic mass is 9.99. The van der Waals surface area contributed by atoms with Crippen LogP contribution in [0.15, 0.2) is 42.5 Å². The second-order valence-corrected chi connectivity index (χ2v) is 7.48. The van der Waals surface area contributed by atoms with E-state index in [2.05, 4.69) is 5.32 Å². The predicted molar refractivity (Wildman–Crippen MR) is 109 cm³/mol. The van der Waals surface area contributed by atoms with Crippen molar-refractivity contribution in [2.75, 3.05) is 25.1 Å². The minimum Gasteiger partial charge on any atom is -0.491 e. The van der Waals surface area contributed by atoms with E-state index in [-0.39, 0.29) is 30.3 Å². The molecule has 4 rings (SSSR count). The number of hydrogen-bond acceptors (Lipinski definition) is 6. The molecule has 0 aromatic heterocycles. The first-order valence-electron chi connectivity index (χ1n) is 10.0. The Morgan fingerprint density at radius 1 is 1.13 bits per heavy atom. The van der Waals surface area contributed by atoms with Gasteiger partial charge >= 0.3 is 5.97 Å². The van der Waals surface area contributed by atoms with Crippen molar-refractivity contribution < 1.29 is 28.6 Å². The lowest BCUT2D eigenvalue weighted by molar-refractivity contribution is -0.116. The van der Waals surface area contributed by atoms with Gasteiger partial charge in [0.05, 0.1) is 17.6 Å². The first kappa shape index (κ1) is 20.1. The highest BCUT2D eigenvalue weighted by Crippen LogP contribution is 2.32. The van der Waals surface area contributed by atoms with Crippen LogP contribution in [0.5, 0.6) is 5.75 Å². The quantitative estimate of drug-likeness (QED) is 0.557. The van der Waals surface area contributed by atoms with Gasteiger partial charge in [-0.2, -0.15) is 0 Å². The predicted octanol–water partition coefficient (Wildman–Crippen LogP) is 3.34. The molecule has 0 spiro atoms. The monoisotopic (exact) mass is 409 g/mol. The Morgan fingerprint density at radius 2 is 1.90 bits per heavy atom. The Labute approximate surface area is 174 Å². The number of carbonyl (C=O) groups excluding carboxylic acids is 3. The van der Waals surface area contributed by atoms with Gasteiger partial charge in [0, 0.05) is 17.9 Å². The second-order valence-electron chi connectivity index (χ2n) is 7.48. The van der Waals surface area contributed by atoms with Crippen molar-refractivity contribution in [1.29, 1.82) is 0 Å². The number of rotatable bonds is 7. The van der Waals surface area contributed by atoms with Crippen molar-refractivity contribution in [3.63, 3.8) is 0 Å². The number of hydrogen-bond donors (Lipinski definition) is 1. The molecule has 0 saturated carbocycles. The van der Waals surface area contributed by atoms with Crippen molar-refractivity contribution >= 4 is 23.3 Å². The van der Waals surface area contributed by atoms with Crippen LogP contribution in [0, 0.1) is 0 Å². The zero-order chi connectivity index (χ0) is 21.1. The molecular weight excluding hydrogens is 386 g/mol. The number of ether oxygens (including phenoxy) is 3. The molecule has 1 N–H and O–H groups in total. The minimum atomic E-state index is -0.583. The summed E-state index contributed by atoms with van der Waals surface area (Å²) in [4.78, 5) is 36.4. The maximum Gasteiger partial charge on any atom is 0.338 e. The number of amides is 1. The third-order valence-electron chi connectivity index (χ3n) is 5.38. The van der Waals surface area contributed by atoms with Crippen LogP contribution in [0.3, 0.4) is 0 Å². The summed E-state index contributed by atoms with van der Waals surface area (Å²) in [6, 6.07) is 11.6. The molecule has 1 saturated heterocycles. The zero-order valence-electron chi connectivity index (χ0n) is 16.7. The summed E-state index contributed by atoms with van der Waals surface area (Å²) in [5.74, 6) is -0.663. The molecule has 2 aliphatic heterocycles. The van der Waals surface area contributed by atoms with Gasteiger partial charge in [0.1, 0.15) is 12.4 Å². The molecule has 0 bridgehead atoms. The van der Waals surface area contributed by atoms with Gasteiger partial charge in [0.25, 0.3) is 0 Å². The van der Waals surface area contributed by atoms with Crippen molar-refractivity contribution in [2.45, 2.75) is 31.8 Å². The van der Waals surface area contributed by atoms with Gasteiger partial charge in [-0.1, -0.05) is 0 Å². The molecule has 0 unspecified atom stereocenters. The van der Waals surface area contributed by atoms with Crippen molar-refractivity contribution in [1.82, 2.24) is 0 Å². The first-order chi connectivity index (χ1) is 14.5. The lowest BCUT2D eigenvalue weighted by Gasteiger charge is -2.11. The third kappa shape index (κ3) is 4.36. The fraction of sp³-hybridized carbons (Fsp3) is 0.348. The number of benzene rings is 2. The summed E-state index contributed by atoms with van der Waals surface area (Å²) >= 11 is 0. The number of esters is 1. The fourth-order valence-electron chi connectivity index (χ4n) is 3.54. The summed E-state index contributed by atoms with van der Waals surface area (Å²) in [5, 5.41) is 2.76. The Hall–Kier alpha value is -3.19. The van der Waals surface area contributed by atoms with E-state index < -0.39 is 5.97 Å². The molecule has 0 radical (unpaired) electrons. The Balaban J connectivity index is 1.30. The fourth-order valence-corrected chi connectivity index (χ4v) is 3.54. The average Bonchev–Trinajstić information content (AvgIpc) is 3.38. The number of anilines is 1. The van der Waals surface area contributed by atoms with Crippen molar-refractivity contribution in [3.05, 3.63) is 59.2 Å². The normalized spacial score (nSPS) is 19.8. The Morgan fingerprint density at radius 3 is 2.63 bits per heavy atom. The van der Waals surface area contributed by atoms with Gasteiger partial charge in [0.2, 0.25) is 5.91 Å². The highest BCUT2D eigenvalue weighted by molar-refractivity contribution is 6.05. The smallest absolute Gasteiger partial charge is 0.338 e. The standard InChI is InChI=1S/C23H23NO6/c1-14-19-11-16(6-9-20(19)24-22(14)26)21(25)13-30-23(27)15-4-7-17(8-5-15)29-12-18-3-2-10-28-18/h4-9,11,14,18H,2-3,10,12-13H2,1H3,(H,24,26)/t14-,18-/m1/s1. The summed E-state index contributed by atoms with van der Waals surface area (Å²) in [7, 11) is 0. The Kier molecular flexibility index (Phi) is 5.81. The molecular formula is C23H23NO6. The third-order valence-corrected chi connectivity index (χ3v) is 5.38. The van der Waals surface area contributed by atoms with Crippen LogP contribution in [0.4, 0.5) is 5.69 Å². The molecule has 1 amide bonds. The maximum absolute atomic E-state index is 12.4. The molecule has 0 aliphatic carbocycles. The van der Waals surface area contributed by atoms with Gasteiger partial charge in [-0.05, 0) is 67.8 Å². The Bertz CT molecular complexity index is 962. The number of nitrogens with one attached hydrogen (secondary N) is 1. The average molecular weight is 409 g/mol. The highest BCUT2D eigenvalue weighted by Gasteiger charge is 2.27. The van der Waals surface area contributed by atoms with Crippen LogP contribution in [0.1, 0.15) is 52.0 Å². The molecule has 7 nitrogen and oxygen atoms in total. The van der Waals surface area contributed by atoms with Crippen LogP contribution in [-0.4, -0.2) is 43.6 Å². The maximum atomic E-state index is 12.4. The van der Waals surface area contributed by atoms with E-state index in [1.165, 1.54) is 0 Å². The van der Waals surface area contributed by atoms with Crippen LogP contribution in [0.25, 0.3) is 0 Å². The minimum absolute atomic E-state index is 0.0933.